The fourth-order valence-corrected chi connectivity index (χ4v) is 1.82. The Kier molecular flexibility index (Phi) is 2.08. The van der Waals surface area contributed by atoms with E-state index in [9.17, 15) is 4.39 Å². The Morgan fingerprint density at radius 3 is 2.76 bits per heavy atom. The van der Waals surface area contributed by atoms with Gasteiger partial charge in [0.15, 0.2) is 0 Å². The van der Waals surface area contributed by atoms with Crippen LogP contribution < -0.4 is 5.73 Å². The van der Waals surface area contributed by atoms with Crippen LogP contribution >= 0.6 is 0 Å². The van der Waals surface area contributed by atoms with Crippen LogP contribution in [0.3, 0.4) is 0 Å². The summed E-state index contributed by atoms with van der Waals surface area (Å²) in [7, 11) is 0. The second-order valence-corrected chi connectivity index (χ2v) is 3.89. The molecule has 0 aliphatic rings. The van der Waals surface area contributed by atoms with Gasteiger partial charge in [0, 0.05) is 28.4 Å². The van der Waals surface area contributed by atoms with Crippen molar-refractivity contribution in [3.05, 3.63) is 48.4 Å². The molecule has 0 atom stereocenters. The number of hydrogen-bond donors (Lipinski definition) is 2. The Labute approximate surface area is 97.1 Å². The molecule has 2 aromatic heterocycles. The number of aromatic amines is 1. The minimum absolute atomic E-state index is 0.238. The van der Waals surface area contributed by atoms with Gasteiger partial charge in [-0.2, -0.15) is 0 Å². The van der Waals surface area contributed by atoms with Crippen LogP contribution in [0.25, 0.3) is 22.2 Å². The van der Waals surface area contributed by atoms with Gasteiger partial charge in [-0.3, -0.25) is 0 Å². The maximum atomic E-state index is 13.1. The second-order valence-electron chi connectivity index (χ2n) is 3.89. The monoisotopic (exact) mass is 227 g/mol. The van der Waals surface area contributed by atoms with E-state index in [0.717, 1.165) is 22.2 Å². The molecular weight excluding hydrogens is 217 g/mol. The molecule has 0 fully saturated rings. The van der Waals surface area contributed by atoms with Crippen LogP contribution in [0.5, 0.6) is 0 Å². The summed E-state index contributed by atoms with van der Waals surface area (Å²) >= 11 is 0. The Balaban J connectivity index is 2.14. The molecule has 84 valence electrons. The van der Waals surface area contributed by atoms with Gasteiger partial charge < -0.3 is 10.7 Å². The molecule has 0 spiro atoms. The smallest absolute Gasteiger partial charge is 0.123 e. The zero-order valence-corrected chi connectivity index (χ0v) is 8.94. The number of nitrogens with one attached hydrogen (secondary N) is 1. The lowest BCUT2D eigenvalue weighted by Gasteiger charge is -1.97. The highest BCUT2D eigenvalue weighted by Crippen LogP contribution is 2.24. The molecule has 0 aliphatic heterocycles. The number of pyridine rings is 1. The number of nitrogen functional groups attached to an aromatic ring is 1. The van der Waals surface area contributed by atoms with Crippen LogP contribution in [-0.4, -0.2) is 9.97 Å². The lowest BCUT2D eigenvalue weighted by molar-refractivity contribution is 0.630. The molecule has 0 aliphatic carbocycles. The molecule has 0 unspecified atom stereocenters. The zero-order chi connectivity index (χ0) is 11.8. The lowest BCUT2D eigenvalue weighted by atomic mass is 10.2. The summed E-state index contributed by atoms with van der Waals surface area (Å²) in [6, 6.07) is 10.2. The number of nitrogens with two attached hydrogens (primary N) is 1. The zero-order valence-electron chi connectivity index (χ0n) is 8.94. The van der Waals surface area contributed by atoms with Crippen molar-refractivity contribution in [2.24, 2.45) is 0 Å². The molecule has 0 saturated heterocycles. The molecule has 3 N–H and O–H groups in total. The van der Waals surface area contributed by atoms with E-state index in [1.54, 1.807) is 18.3 Å². The third-order valence-corrected chi connectivity index (χ3v) is 2.68. The molecule has 17 heavy (non-hydrogen) atoms. The standard InChI is InChI=1S/C13H10FN3/c14-10-2-3-11-9(5-10)6-12(17-11)8-1-4-13(15)16-7-8/h1-7,17H,(H2,15,16). The van der Waals surface area contributed by atoms with Gasteiger partial charge in [-0.15, -0.1) is 0 Å². The average molecular weight is 227 g/mol. The van der Waals surface area contributed by atoms with E-state index < -0.39 is 0 Å². The third kappa shape index (κ3) is 1.73. The number of rotatable bonds is 1. The van der Waals surface area contributed by atoms with Gasteiger partial charge in [0.25, 0.3) is 0 Å². The number of nitrogens with zero attached hydrogens (tertiary/aromatic N) is 1. The molecule has 1 aromatic carbocycles. The van der Waals surface area contributed by atoms with E-state index in [1.807, 2.05) is 12.1 Å². The summed E-state index contributed by atoms with van der Waals surface area (Å²) in [6.07, 6.45) is 1.69. The summed E-state index contributed by atoms with van der Waals surface area (Å²) in [5.41, 5.74) is 8.26. The van der Waals surface area contributed by atoms with Crippen molar-refractivity contribution in [2.75, 3.05) is 5.73 Å². The largest absolute Gasteiger partial charge is 0.384 e. The minimum atomic E-state index is -0.238. The van der Waals surface area contributed by atoms with Gasteiger partial charge in [-0.05, 0) is 36.4 Å². The molecule has 0 radical (unpaired) electrons. The first-order valence-corrected chi connectivity index (χ1v) is 5.22. The maximum absolute atomic E-state index is 13.1. The topological polar surface area (TPSA) is 54.7 Å². The molecule has 4 heteroatoms. The lowest BCUT2D eigenvalue weighted by Crippen LogP contribution is -1.88. The number of anilines is 1. The van der Waals surface area contributed by atoms with Crippen molar-refractivity contribution in [2.45, 2.75) is 0 Å². The Morgan fingerprint density at radius 1 is 1.12 bits per heavy atom. The highest BCUT2D eigenvalue weighted by Gasteiger charge is 2.04. The van der Waals surface area contributed by atoms with Crippen molar-refractivity contribution in [1.29, 1.82) is 0 Å². The van der Waals surface area contributed by atoms with Crippen LogP contribution in [0.1, 0.15) is 0 Å². The normalized spacial score (nSPS) is 10.9. The van der Waals surface area contributed by atoms with E-state index in [0.29, 0.717) is 5.82 Å². The first kappa shape index (κ1) is 9.84. The molecule has 3 nitrogen and oxygen atoms in total. The van der Waals surface area contributed by atoms with E-state index in [-0.39, 0.29) is 5.82 Å². The van der Waals surface area contributed by atoms with Gasteiger partial charge >= 0.3 is 0 Å². The Hall–Kier alpha value is -2.36. The van der Waals surface area contributed by atoms with Gasteiger partial charge in [0.1, 0.15) is 11.6 Å². The van der Waals surface area contributed by atoms with E-state index in [2.05, 4.69) is 9.97 Å². The molecule has 3 aromatic rings. The molecule has 0 bridgehead atoms. The van der Waals surface area contributed by atoms with Crippen LogP contribution in [-0.2, 0) is 0 Å². The van der Waals surface area contributed by atoms with Gasteiger partial charge in [0.05, 0.1) is 0 Å². The summed E-state index contributed by atoms with van der Waals surface area (Å²) in [5, 5.41) is 0.844. The fraction of sp³-hybridized carbons (Fsp3) is 0. The maximum Gasteiger partial charge on any atom is 0.123 e. The minimum Gasteiger partial charge on any atom is -0.384 e. The summed E-state index contributed by atoms with van der Waals surface area (Å²) in [5.74, 6) is 0.245. The predicted octanol–water partition coefficient (Wildman–Crippen LogP) is 2.95. The van der Waals surface area contributed by atoms with Gasteiger partial charge in [-0.25, -0.2) is 9.37 Å². The summed E-state index contributed by atoms with van der Waals surface area (Å²) in [6.45, 7) is 0. The van der Waals surface area contributed by atoms with Crippen molar-refractivity contribution in [3.63, 3.8) is 0 Å². The van der Waals surface area contributed by atoms with Crippen molar-refractivity contribution >= 4 is 16.7 Å². The summed E-state index contributed by atoms with van der Waals surface area (Å²) in [4.78, 5) is 7.24. The van der Waals surface area contributed by atoms with E-state index >= 15 is 0 Å². The average Bonchev–Trinajstić information content (AvgIpc) is 2.72. The van der Waals surface area contributed by atoms with E-state index in [4.69, 9.17) is 5.73 Å². The highest BCUT2D eigenvalue weighted by atomic mass is 19.1. The first-order chi connectivity index (χ1) is 8.22. The van der Waals surface area contributed by atoms with Gasteiger partial charge in [0.2, 0.25) is 0 Å². The van der Waals surface area contributed by atoms with Crippen LogP contribution in [0.4, 0.5) is 10.2 Å². The third-order valence-electron chi connectivity index (χ3n) is 2.68. The van der Waals surface area contributed by atoms with Crippen LogP contribution in [0.2, 0.25) is 0 Å². The number of H-pyrrole nitrogens is 1. The van der Waals surface area contributed by atoms with Crippen molar-refractivity contribution in [1.82, 2.24) is 9.97 Å². The quantitative estimate of drug-likeness (QED) is 0.671. The molecule has 3 rings (SSSR count). The molecule has 0 saturated carbocycles. The molecular formula is C13H10FN3. The Morgan fingerprint density at radius 2 is 2.00 bits per heavy atom. The number of aromatic nitrogens is 2. The summed E-state index contributed by atoms with van der Waals surface area (Å²) < 4.78 is 13.1. The first-order valence-electron chi connectivity index (χ1n) is 5.22. The van der Waals surface area contributed by atoms with Crippen molar-refractivity contribution < 1.29 is 4.39 Å². The number of benzene rings is 1. The number of hydrogen-bond acceptors (Lipinski definition) is 2. The van der Waals surface area contributed by atoms with Crippen molar-refractivity contribution in [3.8, 4) is 11.3 Å². The molecule has 0 amide bonds. The number of halogens is 1. The van der Waals surface area contributed by atoms with E-state index in [1.165, 1.54) is 12.1 Å². The highest BCUT2D eigenvalue weighted by molar-refractivity contribution is 5.85. The fourth-order valence-electron chi connectivity index (χ4n) is 1.82. The predicted molar refractivity (Wildman–Crippen MR) is 65.9 cm³/mol. The second kappa shape index (κ2) is 3.59. The van der Waals surface area contributed by atoms with Gasteiger partial charge in [-0.1, -0.05) is 0 Å². The SMILES string of the molecule is Nc1ccc(-c2cc3cc(F)ccc3[nH]2)cn1. The van der Waals surface area contributed by atoms with Crippen LogP contribution in [0, 0.1) is 5.82 Å². The number of fused-ring (bicyclic) bond motifs is 1. The molecule has 2 heterocycles. The van der Waals surface area contributed by atoms with Crippen LogP contribution in [0.15, 0.2) is 42.6 Å². The Bertz CT molecular complexity index is 671.